The van der Waals surface area contributed by atoms with E-state index in [-0.39, 0.29) is 10.8 Å². The molecule has 0 saturated carbocycles. The molecule has 3 nitrogen and oxygen atoms in total. The lowest BCUT2D eigenvalue weighted by atomic mass is 9.79. The van der Waals surface area contributed by atoms with Crippen LogP contribution < -0.4 is 0 Å². The maximum atomic E-state index is 5.40. The van der Waals surface area contributed by atoms with E-state index in [0.29, 0.717) is 0 Å². The highest BCUT2D eigenvalue weighted by Gasteiger charge is 2.41. The van der Waals surface area contributed by atoms with Crippen molar-refractivity contribution in [3.05, 3.63) is 186 Å². The molecule has 2 aromatic heterocycles. The van der Waals surface area contributed by atoms with Gasteiger partial charge in [0, 0.05) is 22.0 Å². The van der Waals surface area contributed by atoms with E-state index >= 15 is 0 Å². The van der Waals surface area contributed by atoms with Crippen LogP contribution in [0.25, 0.3) is 88.8 Å². The Labute approximate surface area is 327 Å². The van der Waals surface area contributed by atoms with E-state index in [0.717, 1.165) is 44.9 Å². The van der Waals surface area contributed by atoms with Crippen molar-refractivity contribution in [1.29, 1.82) is 0 Å². The number of nitrogens with zero attached hydrogens (tertiary/aromatic N) is 3. The van der Waals surface area contributed by atoms with Crippen molar-refractivity contribution in [1.82, 2.24) is 15.0 Å². The Morgan fingerprint density at radius 3 is 1.62 bits per heavy atom. The van der Waals surface area contributed by atoms with E-state index in [4.69, 9.17) is 15.0 Å². The monoisotopic (exact) mass is 717 g/mol. The molecule has 7 aromatic carbocycles. The highest BCUT2D eigenvalue weighted by atomic mass is 14.9. The molecule has 0 aliphatic heterocycles. The molecule has 0 atom stereocenters. The van der Waals surface area contributed by atoms with E-state index in [1.54, 1.807) is 6.33 Å². The molecule has 2 aliphatic carbocycles. The Bertz CT molecular complexity index is 3090. The van der Waals surface area contributed by atoms with E-state index in [2.05, 4.69) is 185 Å². The van der Waals surface area contributed by atoms with Gasteiger partial charge in [-0.3, -0.25) is 0 Å². The second kappa shape index (κ2) is 11.9. The topological polar surface area (TPSA) is 38.7 Å². The van der Waals surface area contributed by atoms with Gasteiger partial charge in [0.1, 0.15) is 6.33 Å². The van der Waals surface area contributed by atoms with Crippen LogP contribution in [0.5, 0.6) is 0 Å². The number of pyridine rings is 1. The second-order valence-electron chi connectivity index (χ2n) is 16.5. The summed E-state index contributed by atoms with van der Waals surface area (Å²) in [7, 11) is 0. The van der Waals surface area contributed by atoms with Crippen molar-refractivity contribution in [3.8, 4) is 67.3 Å². The summed E-state index contributed by atoms with van der Waals surface area (Å²) in [5, 5.41) is 4.76. The predicted molar refractivity (Wildman–Crippen MR) is 232 cm³/mol. The molecule has 0 amide bonds. The summed E-state index contributed by atoms with van der Waals surface area (Å²) >= 11 is 0. The number of aromatic nitrogens is 3. The molecule has 56 heavy (non-hydrogen) atoms. The summed E-state index contributed by atoms with van der Waals surface area (Å²) in [6.45, 7) is 9.48. The minimum Gasteiger partial charge on any atom is -0.246 e. The molecule has 2 heterocycles. The van der Waals surface area contributed by atoms with Crippen molar-refractivity contribution >= 4 is 21.5 Å². The molecule has 2 aliphatic rings. The van der Waals surface area contributed by atoms with Gasteiger partial charge in [-0.25, -0.2) is 15.0 Å². The third-order valence-corrected chi connectivity index (χ3v) is 12.6. The van der Waals surface area contributed by atoms with Crippen LogP contribution in [-0.4, -0.2) is 15.0 Å². The zero-order valence-corrected chi connectivity index (χ0v) is 31.9. The average molecular weight is 718 g/mol. The fourth-order valence-corrected chi connectivity index (χ4v) is 9.62. The van der Waals surface area contributed by atoms with Crippen molar-refractivity contribution in [3.63, 3.8) is 0 Å². The van der Waals surface area contributed by atoms with Crippen LogP contribution in [0.4, 0.5) is 0 Å². The minimum absolute atomic E-state index is 0.0510. The summed E-state index contributed by atoms with van der Waals surface area (Å²) in [6.07, 6.45) is 1.67. The van der Waals surface area contributed by atoms with Crippen molar-refractivity contribution in [2.24, 2.45) is 0 Å². The van der Waals surface area contributed by atoms with Crippen LogP contribution in [0.15, 0.2) is 164 Å². The molecule has 0 unspecified atom stereocenters. The van der Waals surface area contributed by atoms with Crippen molar-refractivity contribution in [2.45, 2.75) is 38.5 Å². The number of hydrogen-bond acceptors (Lipinski definition) is 3. The maximum Gasteiger partial charge on any atom is 0.116 e. The van der Waals surface area contributed by atoms with E-state index in [1.165, 1.54) is 66.2 Å². The quantitative estimate of drug-likeness (QED) is 0.182. The summed E-state index contributed by atoms with van der Waals surface area (Å²) in [5.74, 6) is 0. The van der Waals surface area contributed by atoms with Gasteiger partial charge in [-0.2, -0.15) is 0 Å². The minimum atomic E-state index is -0.187. The lowest BCUT2D eigenvalue weighted by molar-refractivity contribution is 0.652. The van der Waals surface area contributed by atoms with Gasteiger partial charge in [0.15, 0.2) is 0 Å². The van der Waals surface area contributed by atoms with E-state index in [9.17, 15) is 0 Å². The van der Waals surface area contributed by atoms with Crippen molar-refractivity contribution < 1.29 is 0 Å². The fraction of sp³-hybridized carbons (Fsp3) is 0.113. The molecule has 266 valence electrons. The van der Waals surface area contributed by atoms with Crippen LogP contribution in [0.2, 0.25) is 0 Å². The van der Waals surface area contributed by atoms with Gasteiger partial charge < -0.3 is 0 Å². The third-order valence-electron chi connectivity index (χ3n) is 12.6. The first kappa shape index (κ1) is 32.7. The zero-order valence-electron chi connectivity index (χ0n) is 31.9. The second-order valence-corrected chi connectivity index (χ2v) is 16.5. The van der Waals surface area contributed by atoms with E-state index in [1.807, 2.05) is 0 Å². The molecule has 11 rings (SSSR count). The highest BCUT2D eigenvalue weighted by molar-refractivity contribution is 5.99. The first-order valence-corrected chi connectivity index (χ1v) is 19.5. The van der Waals surface area contributed by atoms with Gasteiger partial charge in [-0.05, 0) is 114 Å². The number of benzene rings is 7. The number of hydrogen-bond donors (Lipinski definition) is 0. The molecule has 0 N–H and O–H groups in total. The van der Waals surface area contributed by atoms with Crippen LogP contribution >= 0.6 is 0 Å². The standard InChI is InChI=1S/C53H39N3/c1-52(2)44-22-10-9-19-39(44)42-28-47-43(29-46(42)52)40-24-23-34(25-45(40)53(47,3)4)48-26-35(38-20-11-15-32-13-5-7-17-36(32)38)27-51(56-48)50-30-49(54-31-55-50)41-21-12-16-33-14-6-8-18-37(33)41/h5-31H,1-4H3. The Morgan fingerprint density at radius 2 is 0.875 bits per heavy atom. The van der Waals surface area contributed by atoms with E-state index < -0.39 is 0 Å². The largest absolute Gasteiger partial charge is 0.246 e. The highest BCUT2D eigenvalue weighted by Crippen LogP contribution is 2.56. The molecule has 0 fully saturated rings. The molecule has 0 bridgehead atoms. The molecular weight excluding hydrogens is 679 g/mol. The number of fused-ring (bicyclic) bond motifs is 8. The molecule has 0 spiro atoms. The van der Waals surface area contributed by atoms with Crippen LogP contribution in [0, 0.1) is 0 Å². The SMILES string of the molecule is CC1(C)c2ccccc2-c2cc3c(cc21)-c1ccc(-c2cc(-c4cccc5ccccc45)cc(-c4cc(-c5cccc6ccccc56)ncn4)n2)cc1C3(C)C. The molecule has 0 saturated heterocycles. The molecule has 9 aromatic rings. The van der Waals surface area contributed by atoms with Gasteiger partial charge in [0.2, 0.25) is 0 Å². The third kappa shape index (κ3) is 4.80. The van der Waals surface area contributed by atoms with Gasteiger partial charge in [0.05, 0.1) is 22.8 Å². The predicted octanol–water partition coefficient (Wildman–Crippen LogP) is 13.5. The average Bonchev–Trinajstić information content (AvgIpc) is 3.61. The Morgan fingerprint density at radius 1 is 0.339 bits per heavy atom. The lowest BCUT2D eigenvalue weighted by Crippen LogP contribution is -2.17. The van der Waals surface area contributed by atoms with Gasteiger partial charge in [-0.15, -0.1) is 0 Å². The van der Waals surface area contributed by atoms with Crippen LogP contribution in [-0.2, 0) is 10.8 Å². The van der Waals surface area contributed by atoms with Crippen molar-refractivity contribution in [2.75, 3.05) is 0 Å². The Balaban J connectivity index is 1.08. The van der Waals surface area contributed by atoms with Crippen LogP contribution in [0.1, 0.15) is 49.9 Å². The van der Waals surface area contributed by atoms with Gasteiger partial charge >= 0.3 is 0 Å². The normalized spacial score (nSPS) is 14.4. The molecule has 3 heteroatoms. The fourth-order valence-electron chi connectivity index (χ4n) is 9.62. The first-order chi connectivity index (χ1) is 27.3. The molecule has 0 radical (unpaired) electrons. The van der Waals surface area contributed by atoms with Crippen LogP contribution in [0.3, 0.4) is 0 Å². The number of rotatable bonds is 4. The Kier molecular flexibility index (Phi) is 6.94. The smallest absolute Gasteiger partial charge is 0.116 e. The van der Waals surface area contributed by atoms with Gasteiger partial charge in [0.25, 0.3) is 0 Å². The maximum absolute atomic E-state index is 5.40. The zero-order chi connectivity index (χ0) is 37.8. The lowest BCUT2D eigenvalue weighted by Gasteiger charge is -2.24. The summed E-state index contributed by atoms with van der Waals surface area (Å²) in [5.41, 5.74) is 18.5. The molecular formula is C53H39N3. The summed E-state index contributed by atoms with van der Waals surface area (Å²) in [6, 6.07) is 57.4. The first-order valence-electron chi connectivity index (χ1n) is 19.5. The van der Waals surface area contributed by atoms with Gasteiger partial charge in [-0.1, -0.05) is 149 Å². The Hall–Kier alpha value is -6.71. The summed E-state index contributed by atoms with van der Waals surface area (Å²) in [4.78, 5) is 15.0. The summed E-state index contributed by atoms with van der Waals surface area (Å²) < 4.78 is 0.